The van der Waals surface area contributed by atoms with Crippen LogP contribution < -0.4 is 11.1 Å². The van der Waals surface area contributed by atoms with Crippen molar-refractivity contribution in [2.24, 2.45) is 5.73 Å². The summed E-state index contributed by atoms with van der Waals surface area (Å²) in [7, 11) is 0. The van der Waals surface area contributed by atoms with Crippen LogP contribution in [0.25, 0.3) is 0 Å². The van der Waals surface area contributed by atoms with Crippen molar-refractivity contribution in [2.45, 2.75) is 19.4 Å². The van der Waals surface area contributed by atoms with Crippen LogP contribution in [0.15, 0.2) is 54.6 Å². The van der Waals surface area contributed by atoms with E-state index < -0.39 is 0 Å². The molecular weight excluding hydrogens is 317 g/mol. The van der Waals surface area contributed by atoms with Crippen molar-refractivity contribution in [1.82, 2.24) is 10.2 Å². The Kier molecular flexibility index (Phi) is 7.57. The molecule has 1 amide bonds. The van der Waals surface area contributed by atoms with Crippen molar-refractivity contribution in [3.05, 3.63) is 71.5 Å². The fourth-order valence-corrected chi connectivity index (χ4v) is 2.71. The minimum Gasteiger partial charge on any atom is -0.348 e. The van der Waals surface area contributed by atoms with Crippen LogP contribution in [0.3, 0.4) is 0 Å². The maximum absolute atomic E-state index is 13.0. The molecule has 2 aromatic carbocycles. The number of nitrogens with two attached hydrogens (primary N) is 1. The maximum atomic E-state index is 13.0. The Morgan fingerprint density at radius 2 is 1.80 bits per heavy atom. The molecule has 0 radical (unpaired) electrons. The minimum absolute atomic E-state index is 0.0571. The predicted molar refractivity (Wildman–Crippen MR) is 98.6 cm³/mol. The van der Waals surface area contributed by atoms with Gasteiger partial charge in [0.15, 0.2) is 0 Å². The van der Waals surface area contributed by atoms with Crippen LogP contribution in [0.5, 0.6) is 0 Å². The number of amides is 1. The maximum Gasteiger partial charge on any atom is 0.234 e. The molecule has 1 atom stereocenters. The molecule has 0 heterocycles. The molecular formula is C20H26FN3O. The van der Waals surface area contributed by atoms with Crippen molar-refractivity contribution in [3.8, 4) is 0 Å². The van der Waals surface area contributed by atoms with Gasteiger partial charge in [0.05, 0.1) is 12.6 Å². The van der Waals surface area contributed by atoms with Gasteiger partial charge in [0.2, 0.25) is 5.91 Å². The second-order valence-corrected chi connectivity index (χ2v) is 6.14. The number of nitrogens with zero attached hydrogens (tertiary/aromatic N) is 1. The third kappa shape index (κ3) is 6.64. The van der Waals surface area contributed by atoms with Gasteiger partial charge in [0.1, 0.15) is 5.82 Å². The number of benzene rings is 2. The van der Waals surface area contributed by atoms with Crippen LogP contribution in [0, 0.1) is 5.82 Å². The highest BCUT2D eigenvalue weighted by Gasteiger charge is 2.13. The van der Waals surface area contributed by atoms with Gasteiger partial charge in [-0.25, -0.2) is 4.39 Å². The van der Waals surface area contributed by atoms with E-state index in [4.69, 9.17) is 5.73 Å². The monoisotopic (exact) mass is 343 g/mol. The minimum atomic E-state index is -0.280. The lowest BCUT2D eigenvalue weighted by molar-refractivity contribution is -0.122. The Hall–Kier alpha value is -2.24. The van der Waals surface area contributed by atoms with Gasteiger partial charge < -0.3 is 11.1 Å². The molecule has 1 unspecified atom stereocenters. The molecule has 2 aromatic rings. The topological polar surface area (TPSA) is 58.4 Å². The lowest BCUT2D eigenvalue weighted by Gasteiger charge is -2.22. The lowest BCUT2D eigenvalue weighted by atomic mass is 10.1. The normalized spacial score (nSPS) is 12.2. The molecule has 0 bridgehead atoms. The molecule has 0 saturated carbocycles. The van der Waals surface area contributed by atoms with E-state index in [0.717, 1.165) is 18.5 Å². The van der Waals surface area contributed by atoms with Crippen LogP contribution in [-0.4, -0.2) is 37.0 Å². The molecule has 0 spiro atoms. The number of hydrogen-bond donors (Lipinski definition) is 2. The number of halogens is 1. The van der Waals surface area contributed by atoms with Crippen LogP contribution in [0.2, 0.25) is 0 Å². The molecule has 0 fully saturated rings. The van der Waals surface area contributed by atoms with Crippen LogP contribution in [-0.2, 0) is 11.2 Å². The summed E-state index contributed by atoms with van der Waals surface area (Å²) in [6, 6.07) is 16.2. The van der Waals surface area contributed by atoms with Gasteiger partial charge in [-0.05, 0) is 36.6 Å². The smallest absolute Gasteiger partial charge is 0.234 e. The first-order valence-corrected chi connectivity index (χ1v) is 8.59. The standard InChI is InChI=1S/C20H26FN3O/c1-16(18-7-9-19(21)10-8-18)23-20(25)15-24(14-12-22)13-11-17-5-3-2-4-6-17/h2-10,16H,11-15,22H2,1H3,(H,23,25). The van der Waals surface area contributed by atoms with Gasteiger partial charge in [0, 0.05) is 19.6 Å². The summed E-state index contributed by atoms with van der Waals surface area (Å²) < 4.78 is 13.0. The fraction of sp³-hybridized carbons (Fsp3) is 0.350. The third-order valence-electron chi connectivity index (χ3n) is 4.12. The molecule has 2 rings (SSSR count). The van der Waals surface area contributed by atoms with E-state index in [0.29, 0.717) is 19.6 Å². The molecule has 3 N–H and O–H groups in total. The summed E-state index contributed by atoms with van der Waals surface area (Å²) in [5.74, 6) is -0.337. The van der Waals surface area contributed by atoms with E-state index in [9.17, 15) is 9.18 Å². The molecule has 0 aliphatic rings. The summed E-state index contributed by atoms with van der Waals surface area (Å²) >= 11 is 0. The Morgan fingerprint density at radius 1 is 1.12 bits per heavy atom. The Bertz CT molecular complexity index is 646. The SMILES string of the molecule is CC(NC(=O)CN(CCN)CCc1ccccc1)c1ccc(F)cc1. The van der Waals surface area contributed by atoms with Crippen LogP contribution >= 0.6 is 0 Å². The number of carbonyl (C=O) groups is 1. The zero-order valence-electron chi connectivity index (χ0n) is 14.6. The highest BCUT2D eigenvalue weighted by atomic mass is 19.1. The van der Waals surface area contributed by atoms with Crippen molar-refractivity contribution in [1.29, 1.82) is 0 Å². The number of rotatable bonds is 9. The fourth-order valence-electron chi connectivity index (χ4n) is 2.71. The summed E-state index contributed by atoms with van der Waals surface area (Å²) in [4.78, 5) is 14.4. The molecule has 0 saturated heterocycles. The number of hydrogen-bond acceptors (Lipinski definition) is 3. The molecule has 134 valence electrons. The first-order chi connectivity index (χ1) is 12.1. The average molecular weight is 343 g/mol. The van der Waals surface area contributed by atoms with Gasteiger partial charge in [-0.2, -0.15) is 0 Å². The Morgan fingerprint density at radius 3 is 2.44 bits per heavy atom. The zero-order valence-corrected chi connectivity index (χ0v) is 14.6. The number of nitrogens with one attached hydrogen (secondary N) is 1. The largest absolute Gasteiger partial charge is 0.348 e. The summed E-state index contributed by atoms with van der Waals surface area (Å²) in [5, 5.41) is 2.96. The highest BCUT2D eigenvalue weighted by Crippen LogP contribution is 2.12. The van der Waals surface area contributed by atoms with Gasteiger partial charge >= 0.3 is 0 Å². The average Bonchev–Trinajstić information content (AvgIpc) is 2.61. The molecule has 0 aliphatic carbocycles. The number of carbonyl (C=O) groups excluding carboxylic acids is 1. The highest BCUT2D eigenvalue weighted by molar-refractivity contribution is 5.78. The first-order valence-electron chi connectivity index (χ1n) is 8.59. The molecule has 5 heteroatoms. The third-order valence-corrected chi connectivity index (χ3v) is 4.12. The molecule has 25 heavy (non-hydrogen) atoms. The molecule has 0 aliphatic heterocycles. The van der Waals surface area contributed by atoms with Crippen LogP contribution in [0.4, 0.5) is 4.39 Å². The Labute approximate surface area is 148 Å². The Balaban J connectivity index is 1.85. The van der Waals surface area contributed by atoms with Gasteiger partial charge in [-0.15, -0.1) is 0 Å². The lowest BCUT2D eigenvalue weighted by Crippen LogP contribution is -2.41. The van der Waals surface area contributed by atoms with E-state index in [1.165, 1.54) is 17.7 Å². The van der Waals surface area contributed by atoms with E-state index in [1.54, 1.807) is 12.1 Å². The molecule has 0 aromatic heterocycles. The van der Waals surface area contributed by atoms with Gasteiger partial charge in [-0.1, -0.05) is 42.5 Å². The van der Waals surface area contributed by atoms with E-state index in [2.05, 4.69) is 22.3 Å². The molecule has 4 nitrogen and oxygen atoms in total. The van der Waals surface area contributed by atoms with E-state index >= 15 is 0 Å². The van der Waals surface area contributed by atoms with Crippen molar-refractivity contribution < 1.29 is 9.18 Å². The summed E-state index contributed by atoms with van der Waals surface area (Å²) in [6.45, 7) is 4.15. The van der Waals surface area contributed by atoms with E-state index in [1.807, 2.05) is 25.1 Å². The quantitative estimate of drug-likeness (QED) is 0.735. The van der Waals surface area contributed by atoms with Crippen LogP contribution in [0.1, 0.15) is 24.1 Å². The second-order valence-electron chi connectivity index (χ2n) is 6.14. The summed E-state index contributed by atoms with van der Waals surface area (Å²) in [5.41, 5.74) is 7.79. The predicted octanol–water partition coefficient (Wildman–Crippen LogP) is 2.51. The van der Waals surface area contributed by atoms with Gasteiger partial charge in [0.25, 0.3) is 0 Å². The first kappa shape index (κ1) is 19.1. The van der Waals surface area contributed by atoms with E-state index in [-0.39, 0.29) is 17.8 Å². The second kappa shape index (κ2) is 9.91. The van der Waals surface area contributed by atoms with Crippen molar-refractivity contribution in [3.63, 3.8) is 0 Å². The van der Waals surface area contributed by atoms with Gasteiger partial charge in [-0.3, -0.25) is 9.69 Å². The zero-order chi connectivity index (χ0) is 18.1. The summed E-state index contributed by atoms with van der Waals surface area (Å²) in [6.07, 6.45) is 0.877. The van der Waals surface area contributed by atoms with Crippen molar-refractivity contribution in [2.75, 3.05) is 26.2 Å². The van der Waals surface area contributed by atoms with Crippen molar-refractivity contribution >= 4 is 5.91 Å².